The van der Waals surface area contributed by atoms with Crippen LogP contribution in [0.1, 0.15) is 27.7 Å². The first-order valence-corrected chi connectivity index (χ1v) is 3.35. The fourth-order valence-electron chi connectivity index (χ4n) is 0. The molecule has 0 rings (SSSR count). The van der Waals surface area contributed by atoms with Crippen molar-refractivity contribution in [2.45, 2.75) is 33.8 Å². The van der Waals surface area contributed by atoms with Crippen molar-refractivity contribution in [1.29, 1.82) is 0 Å². The van der Waals surface area contributed by atoms with Gasteiger partial charge in [0.15, 0.2) is 0 Å². The molecule has 0 atom stereocenters. The van der Waals surface area contributed by atoms with Crippen molar-refractivity contribution in [3.05, 3.63) is 0 Å². The highest BCUT2D eigenvalue weighted by atomic mass is 16.3. The van der Waals surface area contributed by atoms with Crippen LogP contribution in [0.15, 0.2) is 0 Å². The first-order valence-electron chi connectivity index (χ1n) is 3.35. The van der Waals surface area contributed by atoms with Gasteiger partial charge in [0.25, 0.3) is 0 Å². The number of aliphatic hydroxyl groups is 1. The van der Waals surface area contributed by atoms with Crippen molar-refractivity contribution in [2.75, 3.05) is 0 Å². The van der Waals surface area contributed by atoms with Crippen LogP contribution in [0.5, 0.6) is 0 Å². The van der Waals surface area contributed by atoms with Gasteiger partial charge in [-0.2, -0.15) is 0 Å². The highest BCUT2D eigenvalue weighted by Crippen LogP contribution is 1.84. The average molecular weight is 147 g/mol. The Bertz CT molecular complexity index is 86.9. The van der Waals surface area contributed by atoms with Gasteiger partial charge in [-0.05, 0) is 13.8 Å². The van der Waals surface area contributed by atoms with Crippen LogP contribution in [0.25, 0.3) is 0 Å². The lowest BCUT2D eigenvalue weighted by Gasteiger charge is -1.90. The van der Waals surface area contributed by atoms with Gasteiger partial charge < -0.3 is 10.8 Å². The zero-order chi connectivity index (χ0) is 8.73. The Balaban J connectivity index is 0. The van der Waals surface area contributed by atoms with E-state index in [0.29, 0.717) is 0 Å². The number of primary amides is 1. The number of nitrogens with two attached hydrogens (primary N) is 1. The van der Waals surface area contributed by atoms with Gasteiger partial charge in [0, 0.05) is 12.0 Å². The van der Waals surface area contributed by atoms with E-state index in [1.54, 1.807) is 27.7 Å². The van der Waals surface area contributed by atoms with E-state index in [9.17, 15) is 4.79 Å². The molecule has 0 spiro atoms. The molecule has 0 aliphatic rings. The van der Waals surface area contributed by atoms with Crippen molar-refractivity contribution in [2.24, 2.45) is 11.7 Å². The lowest BCUT2D eigenvalue weighted by Crippen LogP contribution is -2.17. The molecule has 10 heavy (non-hydrogen) atoms. The Morgan fingerprint density at radius 2 is 1.40 bits per heavy atom. The summed E-state index contributed by atoms with van der Waals surface area (Å²) in [5.74, 6) is -0.250. The summed E-state index contributed by atoms with van der Waals surface area (Å²) in [7, 11) is 0. The van der Waals surface area contributed by atoms with Gasteiger partial charge in [-0.15, -0.1) is 0 Å². The Morgan fingerprint density at radius 1 is 1.30 bits per heavy atom. The standard InChI is InChI=1S/C4H9NO.C3H8O/c1-3(2)4(5)6;1-3(2)4/h3H,1-2H3,(H2,5,6);3-4H,1-2H3. The van der Waals surface area contributed by atoms with Crippen LogP contribution in [0.2, 0.25) is 0 Å². The first kappa shape index (κ1) is 12.1. The summed E-state index contributed by atoms with van der Waals surface area (Å²) in [6, 6.07) is 0. The van der Waals surface area contributed by atoms with Gasteiger partial charge in [-0.1, -0.05) is 13.8 Å². The monoisotopic (exact) mass is 147 g/mol. The molecule has 0 heterocycles. The van der Waals surface area contributed by atoms with Gasteiger partial charge in [-0.25, -0.2) is 0 Å². The summed E-state index contributed by atoms with van der Waals surface area (Å²) in [6.07, 6.45) is -0.167. The molecule has 1 amide bonds. The molecule has 0 unspecified atom stereocenters. The fourth-order valence-corrected chi connectivity index (χ4v) is 0. The number of hydrogen-bond acceptors (Lipinski definition) is 2. The topological polar surface area (TPSA) is 63.3 Å². The molecule has 0 aromatic heterocycles. The van der Waals surface area contributed by atoms with Crippen molar-refractivity contribution in [1.82, 2.24) is 0 Å². The van der Waals surface area contributed by atoms with Crippen molar-refractivity contribution < 1.29 is 9.90 Å². The maximum Gasteiger partial charge on any atom is 0.219 e. The lowest BCUT2D eigenvalue weighted by molar-refractivity contribution is -0.120. The third-order valence-electron chi connectivity index (χ3n) is 0.569. The first-order chi connectivity index (χ1) is 4.37. The van der Waals surface area contributed by atoms with Gasteiger partial charge in [0.2, 0.25) is 5.91 Å². The molecule has 3 heteroatoms. The molecule has 3 nitrogen and oxygen atoms in total. The predicted molar refractivity (Wildman–Crippen MR) is 41.4 cm³/mol. The number of aliphatic hydroxyl groups excluding tert-OH is 1. The second-order valence-corrected chi connectivity index (χ2v) is 2.65. The van der Waals surface area contributed by atoms with E-state index in [-0.39, 0.29) is 17.9 Å². The molecular formula is C7H17NO2. The molecule has 0 aromatic carbocycles. The molecule has 0 radical (unpaired) electrons. The van der Waals surface area contributed by atoms with Gasteiger partial charge in [0.05, 0.1) is 0 Å². The molecule has 0 aromatic rings. The predicted octanol–water partition coefficient (Wildman–Crippen LogP) is 0.515. The molecule has 0 bridgehead atoms. The van der Waals surface area contributed by atoms with E-state index in [1.807, 2.05) is 0 Å². The molecule has 0 aliphatic heterocycles. The maximum atomic E-state index is 9.92. The molecular weight excluding hydrogens is 130 g/mol. The molecule has 0 fully saturated rings. The largest absolute Gasteiger partial charge is 0.394 e. The Labute approximate surface area is 62.2 Å². The van der Waals surface area contributed by atoms with Crippen LogP contribution in [0.4, 0.5) is 0 Å². The van der Waals surface area contributed by atoms with E-state index in [1.165, 1.54) is 0 Å². The second kappa shape index (κ2) is 6.55. The van der Waals surface area contributed by atoms with Gasteiger partial charge in [0.1, 0.15) is 0 Å². The second-order valence-electron chi connectivity index (χ2n) is 2.65. The van der Waals surface area contributed by atoms with Crippen LogP contribution in [-0.4, -0.2) is 17.1 Å². The van der Waals surface area contributed by atoms with E-state index in [0.717, 1.165) is 0 Å². The average Bonchev–Trinajstić information content (AvgIpc) is 1.63. The van der Waals surface area contributed by atoms with E-state index < -0.39 is 0 Å². The Kier molecular flexibility index (Phi) is 7.95. The van der Waals surface area contributed by atoms with Crippen LogP contribution >= 0.6 is 0 Å². The van der Waals surface area contributed by atoms with Crippen molar-refractivity contribution in [3.8, 4) is 0 Å². The van der Waals surface area contributed by atoms with E-state index in [4.69, 9.17) is 10.8 Å². The van der Waals surface area contributed by atoms with Crippen LogP contribution in [-0.2, 0) is 4.79 Å². The van der Waals surface area contributed by atoms with Crippen LogP contribution in [0, 0.1) is 5.92 Å². The quantitative estimate of drug-likeness (QED) is 0.567. The summed E-state index contributed by atoms with van der Waals surface area (Å²) >= 11 is 0. The van der Waals surface area contributed by atoms with Gasteiger partial charge >= 0.3 is 0 Å². The molecule has 3 N–H and O–H groups in total. The molecule has 0 saturated heterocycles. The van der Waals surface area contributed by atoms with Crippen molar-refractivity contribution in [3.63, 3.8) is 0 Å². The smallest absolute Gasteiger partial charge is 0.219 e. The summed E-state index contributed by atoms with van der Waals surface area (Å²) in [6.45, 7) is 6.98. The highest BCUT2D eigenvalue weighted by Gasteiger charge is 1.96. The number of rotatable bonds is 1. The lowest BCUT2D eigenvalue weighted by atomic mass is 10.2. The number of carbonyl (C=O) groups is 1. The summed E-state index contributed by atoms with van der Waals surface area (Å²) < 4.78 is 0. The Hall–Kier alpha value is -0.570. The highest BCUT2D eigenvalue weighted by molar-refractivity contribution is 5.75. The zero-order valence-electron chi connectivity index (χ0n) is 7.09. The minimum atomic E-state index is -0.241. The SMILES string of the molecule is CC(C)C(N)=O.CC(C)O. The van der Waals surface area contributed by atoms with Crippen LogP contribution in [0.3, 0.4) is 0 Å². The minimum absolute atomic E-state index is 0.00926. The van der Waals surface area contributed by atoms with Gasteiger partial charge in [-0.3, -0.25) is 4.79 Å². The van der Waals surface area contributed by atoms with Crippen LogP contribution < -0.4 is 5.73 Å². The molecule has 0 saturated carbocycles. The third kappa shape index (κ3) is 26.1. The maximum absolute atomic E-state index is 9.92. The fraction of sp³-hybridized carbons (Fsp3) is 0.857. The zero-order valence-corrected chi connectivity index (χ0v) is 7.09. The Morgan fingerprint density at radius 3 is 1.40 bits per heavy atom. The number of hydrogen-bond donors (Lipinski definition) is 2. The van der Waals surface area contributed by atoms with E-state index in [2.05, 4.69) is 0 Å². The summed E-state index contributed by atoms with van der Waals surface area (Å²) in [4.78, 5) is 9.92. The summed E-state index contributed by atoms with van der Waals surface area (Å²) in [5, 5.41) is 8.06. The number of amides is 1. The molecule has 62 valence electrons. The third-order valence-corrected chi connectivity index (χ3v) is 0.569. The minimum Gasteiger partial charge on any atom is -0.394 e. The summed E-state index contributed by atoms with van der Waals surface area (Å²) in [5.41, 5.74) is 4.80. The number of carbonyl (C=O) groups excluding carboxylic acids is 1. The normalized spacial score (nSPS) is 9.10. The van der Waals surface area contributed by atoms with Crippen molar-refractivity contribution >= 4 is 5.91 Å². The molecule has 0 aliphatic carbocycles. The van der Waals surface area contributed by atoms with E-state index >= 15 is 0 Å².